The van der Waals surface area contributed by atoms with Crippen LogP contribution in [-0.2, 0) is 0 Å². The van der Waals surface area contributed by atoms with E-state index >= 15 is 0 Å². The Balaban J connectivity index is 0.000000113. The third kappa shape index (κ3) is 16.8. The van der Waals surface area contributed by atoms with E-state index < -0.39 is 0 Å². The summed E-state index contributed by atoms with van der Waals surface area (Å²) in [7, 11) is 7.46. The van der Waals surface area contributed by atoms with Crippen LogP contribution in [0.2, 0.25) is 0 Å². The predicted octanol–water partition coefficient (Wildman–Crippen LogP) is 12.7. The van der Waals surface area contributed by atoms with Gasteiger partial charge in [0.15, 0.2) is 11.5 Å². The molecule has 604 valence electrons. The fraction of sp³-hybridized carbons (Fsp3) is 0.322. The first-order valence-corrected chi connectivity index (χ1v) is 42.6. The monoisotopic (exact) mass is 1630 g/mol. The molecular formula is C90H94N18O7S3. The van der Waals surface area contributed by atoms with Gasteiger partial charge in [0.1, 0.15) is 22.6 Å². The fourth-order valence-corrected chi connectivity index (χ4v) is 19.2. The lowest BCUT2D eigenvalue weighted by atomic mass is 9.99. The lowest BCUT2D eigenvalue weighted by Gasteiger charge is -2.36. The highest BCUT2D eigenvalue weighted by Gasteiger charge is 2.36. The van der Waals surface area contributed by atoms with E-state index in [-0.39, 0.29) is 34.9 Å². The minimum Gasteiger partial charge on any atom is -0.493 e. The maximum Gasteiger partial charge on any atom is 0.258 e. The van der Waals surface area contributed by atoms with E-state index in [1.54, 1.807) is 90.1 Å². The molecule has 0 bridgehead atoms. The largest absolute Gasteiger partial charge is 0.493 e. The molecule has 4 aromatic carbocycles. The molecule has 16 heterocycles. The number of aliphatic hydroxyl groups excluding tert-OH is 1. The zero-order valence-electron chi connectivity index (χ0n) is 67.4. The van der Waals surface area contributed by atoms with Crippen molar-refractivity contribution >= 4 is 110 Å². The zero-order valence-corrected chi connectivity index (χ0v) is 69.8. The molecule has 4 fully saturated rings. The summed E-state index contributed by atoms with van der Waals surface area (Å²) in [6.07, 6.45) is 14.9. The first kappa shape index (κ1) is 79.0. The third-order valence-electron chi connectivity index (χ3n) is 23.2. The van der Waals surface area contributed by atoms with Crippen LogP contribution in [0.1, 0.15) is 58.3 Å². The van der Waals surface area contributed by atoms with Crippen LogP contribution in [0.5, 0.6) is 11.5 Å². The van der Waals surface area contributed by atoms with E-state index in [0.29, 0.717) is 81.3 Å². The smallest absolute Gasteiger partial charge is 0.258 e. The van der Waals surface area contributed by atoms with Gasteiger partial charge >= 0.3 is 0 Å². The fourth-order valence-electron chi connectivity index (χ4n) is 16.8. The number of hydrogen-bond acceptors (Lipinski definition) is 24. The van der Waals surface area contributed by atoms with Gasteiger partial charge in [-0.2, -0.15) is 0 Å². The van der Waals surface area contributed by atoms with Crippen LogP contribution in [-0.4, -0.2) is 186 Å². The number of rotatable bonds is 13. The van der Waals surface area contributed by atoms with Gasteiger partial charge in [-0.1, -0.05) is 24.3 Å². The first-order chi connectivity index (χ1) is 57.2. The average molecular weight is 1640 g/mol. The molecule has 0 radical (unpaired) electrons. The van der Waals surface area contributed by atoms with Crippen molar-refractivity contribution in [2.45, 2.75) is 71.9 Å². The second kappa shape index (κ2) is 33.9. The summed E-state index contributed by atoms with van der Waals surface area (Å²) in [6.45, 7) is 18.7. The molecule has 5 aliphatic heterocycles. The second-order valence-electron chi connectivity index (χ2n) is 31.3. The van der Waals surface area contributed by atoms with Crippen molar-refractivity contribution in [3.63, 3.8) is 0 Å². The van der Waals surface area contributed by atoms with Crippen LogP contribution in [0.3, 0.4) is 0 Å². The Bertz CT molecular complexity index is 6600. The number of nitrogens with one attached hydrogen (secondary N) is 1. The molecule has 0 saturated carbocycles. The van der Waals surface area contributed by atoms with Gasteiger partial charge in [-0.3, -0.25) is 41.7 Å². The summed E-state index contributed by atoms with van der Waals surface area (Å²) in [5.74, 6) is 2.65. The number of ether oxygens (including phenoxy) is 2. The van der Waals surface area contributed by atoms with Crippen molar-refractivity contribution in [2.75, 3.05) is 122 Å². The first-order valence-electron chi connectivity index (χ1n) is 40.1. The number of β-amino-alcohol motifs (C(OH)–C–C–N with tert-alkyl or cyclic N) is 1. The minimum absolute atomic E-state index is 0.0533. The summed E-state index contributed by atoms with van der Waals surface area (Å²) < 4.78 is 20.7. The predicted molar refractivity (Wildman–Crippen MR) is 476 cm³/mol. The number of benzene rings is 4. The maximum atomic E-state index is 13.0. The highest BCUT2D eigenvalue weighted by Crippen LogP contribution is 2.36. The molecule has 4 N–H and O–H groups in total. The van der Waals surface area contributed by atoms with Gasteiger partial charge in [-0.05, 0) is 199 Å². The van der Waals surface area contributed by atoms with E-state index in [1.165, 1.54) is 5.57 Å². The maximum absolute atomic E-state index is 13.0. The Kier molecular flexibility index (Phi) is 22.7. The molecule has 2 atom stereocenters. The van der Waals surface area contributed by atoms with Crippen LogP contribution in [0.15, 0.2) is 190 Å². The van der Waals surface area contributed by atoms with Crippen molar-refractivity contribution in [3.05, 3.63) is 238 Å². The van der Waals surface area contributed by atoms with Crippen LogP contribution in [0.4, 0.5) is 17.1 Å². The van der Waals surface area contributed by atoms with Crippen LogP contribution in [0, 0.1) is 39.5 Å². The molecule has 118 heavy (non-hydrogen) atoms. The standard InChI is InChI=1S/C24H27N3O4.C23H25N5OS.C22H21N5OS.C21H21N5OS/c1-16-12-19(17-6-8-26(9-7-17)10-11-28)15-27-23(29)14-20(25-24(16)27)18-4-5-21(30-2)22(13-18)31-3;1-15-24-20-12-16(4-6-21(20)30-15)19-13-23(29)28-14-18(5-7-22(28)25-19)27-10-8-17(9-11-27)26(2)3;1-13-24-19-6-14(2-4-20(19)29-13)18-7-22(28)27-12-17(3-5-21(27)25-18)26-10-15-8-23-9-16(15)11-26;1-13-23-18-10-14(2-4-19(18)28-13)17-11-21(27)26-12-16(3-5-20(26)24-17)25-8-6-15(22)7-9-25/h4-6,12-15,28H,7-11H2,1-3H3;4-7,12-14,17H,8-11H2,1-3H3;2-7,12,15-16,23H,8-11H2,1H3;2-5,10-12,15H,6-9,22H2,1H3/t;;15-,16+;. The summed E-state index contributed by atoms with van der Waals surface area (Å²) in [6, 6.07) is 45.2. The normalized spacial score (nSPS) is 16.7. The van der Waals surface area contributed by atoms with Gasteiger partial charge in [-0.15, -0.1) is 34.0 Å². The summed E-state index contributed by atoms with van der Waals surface area (Å²) in [4.78, 5) is 95.8. The van der Waals surface area contributed by atoms with Crippen LogP contribution in [0.25, 0.3) is 104 Å². The average Bonchev–Trinajstić information content (AvgIpc) is 1.22. The van der Waals surface area contributed by atoms with E-state index in [0.717, 1.165) is 194 Å². The van der Waals surface area contributed by atoms with Crippen LogP contribution < -0.4 is 57.5 Å². The Labute approximate surface area is 693 Å². The number of anilines is 3. The molecule has 0 spiro atoms. The number of pyridine rings is 4. The number of aromatic nitrogens is 11. The number of methoxy groups -OCH3 is 2. The summed E-state index contributed by atoms with van der Waals surface area (Å²) in [5.41, 5.74) is 23.8. The number of thiazole rings is 3. The molecular weight excluding hydrogens is 1540 g/mol. The highest BCUT2D eigenvalue weighted by molar-refractivity contribution is 7.19. The number of fused-ring (bicyclic) bond motifs is 8. The third-order valence-corrected chi connectivity index (χ3v) is 26.1. The summed E-state index contributed by atoms with van der Waals surface area (Å²) >= 11 is 5.02. The van der Waals surface area contributed by atoms with Gasteiger partial charge in [0.2, 0.25) is 0 Å². The number of aryl methyl sites for hydroxylation is 4. The molecule has 28 heteroatoms. The van der Waals surface area contributed by atoms with Crippen molar-refractivity contribution in [3.8, 4) is 56.5 Å². The quantitative estimate of drug-likeness (QED) is 0.0968. The Morgan fingerprint density at radius 2 is 0.907 bits per heavy atom. The number of aliphatic hydroxyl groups is 1. The molecule has 25 nitrogen and oxygen atoms in total. The number of nitrogens with two attached hydrogens (primary N) is 1. The van der Waals surface area contributed by atoms with Crippen LogP contribution >= 0.6 is 34.0 Å². The molecule has 4 saturated heterocycles. The lowest BCUT2D eigenvalue weighted by molar-refractivity contribution is 0.208. The molecule has 11 aromatic heterocycles. The zero-order chi connectivity index (χ0) is 81.6. The van der Waals surface area contributed by atoms with Gasteiger partial charge < -0.3 is 45.2 Å². The van der Waals surface area contributed by atoms with Crippen molar-refractivity contribution in [1.82, 2.24) is 67.6 Å². The Hall–Kier alpha value is -11.5. The second-order valence-corrected chi connectivity index (χ2v) is 35.0. The topological polar surface area (TPSA) is 269 Å². The van der Waals surface area contributed by atoms with Crippen molar-refractivity contribution in [1.29, 1.82) is 0 Å². The molecule has 0 amide bonds. The van der Waals surface area contributed by atoms with Gasteiger partial charge in [0.05, 0.1) is 106 Å². The molecule has 20 rings (SSSR count). The molecule has 15 aromatic rings. The van der Waals surface area contributed by atoms with Gasteiger partial charge in [0.25, 0.3) is 22.2 Å². The number of nitrogens with zero attached hydrogens (tertiary/aromatic N) is 16. The van der Waals surface area contributed by atoms with E-state index in [4.69, 9.17) is 40.2 Å². The van der Waals surface area contributed by atoms with Crippen molar-refractivity contribution in [2.24, 2.45) is 17.6 Å². The summed E-state index contributed by atoms with van der Waals surface area (Å²) in [5, 5.41) is 15.7. The Morgan fingerprint density at radius 1 is 0.475 bits per heavy atom. The number of hydrogen-bond donors (Lipinski definition) is 3. The Morgan fingerprint density at radius 3 is 1.35 bits per heavy atom. The van der Waals surface area contributed by atoms with Gasteiger partial charge in [0, 0.05) is 155 Å². The molecule has 5 aliphatic rings. The van der Waals surface area contributed by atoms with Gasteiger partial charge in [-0.25, -0.2) is 34.9 Å². The molecule has 0 aliphatic carbocycles. The van der Waals surface area contributed by atoms with Crippen molar-refractivity contribution < 1.29 is 14.6 Å². The lowest BCUT2D eigenvalue weighted by Crippen LogP contribution is -2.42. The molecule has 0 unspecified atom stereocenters. The number of piperidine rings is 2. The SMILES string of the molecule is COc1ccc(-c2cc(=O)n3cc(C4=CCN(CCO)CC4)cc(C)c3n2)cc1OC.Cc1nc2cc(-c3cc(=O)n4cc(N5CCC(N(C)C)CC5)ccc4n3)ccc2s1.Cc1nc2cc(-c3cc(=O)n4cc(N5CCC(N)CC5)ccc4n3)ccc2s1.Cc1nc2cc(-c3cc(=O)n4cc(N5C[C@H]6CNC[C@H]6C5)ccc4n3)ccc2s1. The van der Waals surface area contributed by atoms with E-state index in [1.807, 2.05) is 137 Å². The highest BCUT2D eigenvalue weighted by atomic mass is 32.1. The van der Waals surface area contributed by atoms with E-state index in [9.17, 15) is 19.2 Å². The van der Waals surface area contributed by atoms with E-state index in [2.05, 4.69) is 95.3 Å². The minimum atomic E-state index is -0.127.